The van der Waals surface area contributed by atoms with Gasteiger partial charge in [0, 0.05) is 17.8 Å². The van der Waals surface area contributed by atoms with E-state index in [1.165, 1.54) is 0 Å². The summed E-state index contributed by atoms with van der Waals surface area (Å²) in [7, 11) is 0. The van der Waals surface area contributed by atoms with Crippen molar-refractivity contribution in [2.75, 3.05) is 11.9 Å². The highest BCUT2D eigenvalue weighted by atomic mass is 35.5. The summed E-state index contributed by atoms with van der Waals surface area (Å²) in [5, 5.41) is 19.9. The van der Waals surface area contributed by atoms with Crippen LogP contribution in [0.3, 0.4) is 0 Å². The zero-order valence-corrected chi connectivity index (χ0v) is 18.0. The number of amides is 1. The fourth-order valence-corrected chi connectivity index (χ4v) is 3.28. The van der Waals surface area contributed by atoms with Crippen molar-refractivity contribution in [3.8, 4) is 0 Å². The van der Waals surface area contributed by atoms with Crippen molar-refractivity contribution in [3.05, 3.63) is 52.0 Å². The molecule has 0 aliphatic rings. The predicted octanol–water partition coefficient (Wildman–Crippen LogP) is 4.04. The molecule has 3 aromatic rings. The predicted molar refractivity (Wildman–Crippen MR) is 120 cm³/mol. The van der Waals surface area contributed by atoms with E-state index in [4.69, 9.17) is 44.0 Å². The number of carbonyl (C=O) groups excluding carboxylic acids is 1. The van der Waals surface area contributed by atoms with E-state index in [-0.39, 0.29) is 6.47 Å². The van der Waals surface area contributed by atoms with Crippen LogP contribution in [0.2, 0.25) is 10.0 Å². The summed E-state index contributed by atoms with van der Waals surface area (Å²) >= 11 is 12.3. The lowest BCUT2D eigenvalue weighted by Gasteiger charge is -2.12. The van der Waals surface area contributed by atoms with E-state index < -0.39 is 5.91 Å². The molecule has 0 atom stereocenters. The number of nitrogens with one attached hydrogen (secondary N) is 2. The van der Waals surface area contributed by atoms with E-state index >= 15 is 0 Å². The number of nitrogens with zero attached hydrogens (tertiary/aromatic N) is 2. The van der Waals surface area contributed by atoms with Crippen molar-refractivity contribution in [2.45, 2.75) is 25.8 Å². The van der Waals surface area contributed by atoms with Crippen LogP contribution in [0.4, 0.5) is 11.6 Å². The topological polar surface area (TPSA) is 142 Å². The molecule has 6 N–H and O–H groups in total. The van der Waals surface area contributed by atoms with Gasteiger partial charge in [0.25, 0.3) is 12.4 Å². The first-order valence-corrected chi connectivity index (χ1v) is 10.2. The highest BCUT2D eigenvalue weighted by Gasteiger charge is 2.14. The summed E-state index contributed by atoms with van der Waals surface area (Å²) in [5.41, 5.74) is 9.79. The van der Waals surface area contributed by atoms with E-state index in [1.54, 1.807) is 35.8 Å². The number of rotatable bonds is 8. The SMILES string of the molecule is NCCCCCn1c(Nc2cccc(C(=O)NO)c2)nc2cc(Cl)c(Cl)cc21.O=CO. The third kappa shape index (κ3) is 6.56. The molecular weight excluding hydrogens is 445 g/mol. The third-order valence-corrected chi connectivity index (χ3v) is 5.08. The Kier molecular flexibility index (Phi) is 9.54. The Labute approximate surface area is 188 Å². The second-order valence-corrected chi connectivity index (χ2v) is 7.26. The first kappa shape index (κ1) is 24.4. The molecule has 0 aliphatic carbocycles. The molecule has 0 unspecified atom stereocenters. The summed E-state index contributed by atoms with van der Waals surface area (Å²) in [6.45, 7) is 1.14. The number of fused-ring (bicyclic) bond motifs is 1. The Morgan fingerprint density at radius 1 is 1.16 bits per heavy atom. The van der Waals surface area contributed by atoms with E-state index in [2.05, 4.69) is 10.3 Å². The number of anilines is 2. The van der Waals surface area contributed by atoms with Crippen LogP contribution >= 0.6 is 23.2 Å². The molecule has 1 amide bonds. The number of unbranched alkanes of at least 4 members (excludes halogenated alkanes) is 2. The number of halogens is 2. The van der Waals surface area contributed by atoms with Gasteiger partial charge in [-0.2, -0.15) is 0 Å². The van der Waals surface area contributed by atoms with Crippen molar-refractivity contribution in [3.63, 3.8) is 0 Å². The average Bonchev–Trinajstić information content (AvgIpc) is 3.07. The second kappa shape index (κ2) is 12.1. The number of nitrogens with two attached hydrogens (primary N) is 1. The van der Waals surface area contributed by atoms with Crippen molar-refractivity contribution < 1.29 is 19.9 Å². The third-order valence-electron chi connectivity index (χ3n) is 4.36. The molecule has 9 nitrogen and oxygen atoms in total. The first-order valence-electron chi connectivity index (χ1n) is 9.39. The van der Waals surface area contributed by atoms with Gasteiger partial charge < -0.3 is 20.7 Å². The number of hydrogen-bond donors (Lipinski definition) is 5. The molecule has 2 aromatic carbocycles. The van der Waals surface area contributed by atoms with Crippen LogP contribution in [0.5, 0.6) is 0 Å². The molecule has 0 aliphatic heterocycles. The Hall–Kier alpha value is -2.85. The number of aryl methyl sites for hydroxylation is 1. The van der Waals surface area contributed by atoms with Crippen molar-refractivity contribution in [2.24, 2.45) is 5.73 Å². The lowest BCUT2D eigenvalue weighted by molar-refractivity contribution is -0.122. The molecule has 3 rings (SSSR count). The van der Waals surface area contributed by atoms with E-state index in [9.17, 15) is 4.79 Å². The van der Waals surface area contributed by atoms with Crippen LogP contribution in [-0.2, 0) is 11.3 Å². The lowest BCUT2D eigenvalue weighted by atomic mass is 10.2. The summed E-state index contributed by atoms with van der Waals surface area (Å²) in [6.07, 6.45) is 2.90. The van der Waals surface area contributed by atoms with Crippen LogP contribution in [0.1, 0.15) is 29.6 Å². The molecule has 0 spiro atoms. The first-order chi connectivity index (χ1) is 14.9. The summed E-state index contributed by atoms with van der Waals surface area (Å²) in [5.74, 6) is 0.0279. The van der Waals surface area contributed by atoms with E-state index in [1.807, 2.05) is 10.6 Å². The molecule has 0 bridgehead atoms. The van der Waals surface area contributed by atoms with Gasteiger partial charge in [-0.3, -0.25) is 14.8 Å². The van der Waals surface area contributed by atoms with Gasteiger partial charge in [-0.25, -0.2) is 10.5 Å². The van der Waals surface area contributed by atoms with Crippen molar-refractivity contribution >= 4 is 58.3 Å². The Morgan fingerprint density at radius 2 is 1.87 bits per heavy atom. The maximum absolute atomic E-state index is 11.7. The minimum absolute atomic E-state index is 0.250. The zero-order chi connectivity index (χ0) is 22.8. The highest BCUT2D eigenvalue weighted by Crippen LogP contribution is 2.31. The fourth-order valence-electron chi connectivity index (χ4n) is 2.96. The quantitative estimate of drug-likeness (QED) is 0.145. The Morgan fingerprint density at radius 3 is 2.55 bits per heavy atom. The zero-order valence-electron chi connectivity index (χ0n) is 16.5. The number of imidazole rings is 1. The summed E-state index contributed by atoms with van der Waals surface area (Å²) in [4.78, 5) is 24.7. The molecule has 0 fully saturated rings. The Balaban J connectivity index is 0.00000107. The van der Waals surface area contributed by atoms with Gasteiger partial charge >= 0.3 is 0 Å². The van der Waals surface area contributed by atoms with Gasteiger partial charge in [0.2, 0.25) is 5.95 Å². The van der Waals surface area contributed by atoms with Gasteiger partial charge in [-0.05, 0) is 49.7 Å². The lowest BCUT2D eigenvalue weighted by Crippen LogP contribution is -2.18. The molecule has 31 heavy (non-hydrogen) atoms. The monoisotopic (exact) mass is 467 g/mol. The largest absolute Gasteiger partial charge is 0.483 e. The number of carboxylic acid groups (broad SMARTS) is 1. The minimum Gasteiger partial charge on any atom is -0.483 e. The van der Waals surface area contributed by atoms with Gasteiger partial charge in [-0.15, -0.1) is 0 Å². The molecule has 0 saturated carbocycles. The normalized spacial score (nSPS) is 10.3. The highest BCUT2D eigenvalue weighted by molar-refractivity contribution is 6.42. The smallest absolute Gasteiger partial charge is 0.290 e. The molecule has 166 valence electrons. The van der Waals surface area contributed by atoms with Crippen LogP contribution in [0, 0.1) is 0 Å². The van der Waals surface area contributed by atoms with Crippen LogP contribution in [0.15, 0.2) is 36.4 Å². The van der Waals surface area contributed by atoms with Gasteiger partial charge in [-0.1, -0.05) is 35.7 Å². The van der Waals surface area contributed by atoms with Crippen LogP contribution in [0.25, 0.3) is 11.0 Å². The van der Waals surface area contributed by atoms with Gasteiger partial charge in [0.1, 0.15) is 0 Å². The maximum Gasteiger partial charge on any atom is 0.290 e. The molecule has 11 heteroatoms. The summed E-state index contributed by atoms with van der Waals surface area (Å²) < 4.78 is 2.03. The molecule has 1 heterocycles. The van der Waals surface area contributed by atoms with Gasteiger partial charge in [0.15, 0.2) is 0 Å². The van der Waals surface area contributed by atoms with Crippen molar-refractivity contribution in [1.82, 2.24) is 15.0 Å². The number of benzene rings is 2. The fraction of sp³-hybridized carbons (Fsp3) is 0.250. The molecular formula is C20H23Cl2N5O4. The number of hydrogen-bond acceptors (Lipinski definition) is 6. The number of aromatic nitrogens is 2. The van der Waals surface area contributed by atoms with Gasteiger partial charge in [0.05, 0.1) is 21.1 Å². The van der Waals surface area contributed by atoms with Crippen LogP contribution < -0.4 is 16.5 Å². The second-order valence-electron chi connectivity index (χ2n) is 6.44. The average molecular weight is 468 g/mol. The minimum atomic E-state index is -0.586. The maximum atomic E-state index is 11.7. The summed E-state index contributed by atoms with van der Waals surface area (Å²) in [6, 6.07) is 10.3. The van der Waals surface area contributed by atoms with Crippen molar-refractivity contribution in [1.29, 1.82) is 0 Å². The Bertz CT molecular complexity index is 1040. The number of carbonyl (C=O) groups is 2. The molecule has 1 aromatic heterocycles. The van der Waals surface area contributed by atoms with E-state index in [0.29, 0.717) is 33.8 Å². The standard InChI is InChI=1S/C19H21Cl2N5O2.CH2O2/c20-14-10-16-17(11-15(14)21)26(8-3-1-2-7-22)19(24-16)23-13-6-4-5-12(9-13)18(27)25-28;2-1-3/h4-6,9-11,28H,1-3,7-8,22H2,(H,23,24)(H,25,27);1H,(H,2,3). The van der Waals surface area contributed by atoms with E-state index in [0.717, 1.165) is 36.8 Å². The van der Waals surface area contributed by atoms with Crippen LogP contribution in [-0.4, -0.2) is 38.8 Å². The number of hydroxylamine groups is 1. The molecule has 0 saturated heterocycles. The molecule has 0 radical (unpaired) electrons.